The van der Waals surface area contributed by atoms with Crippen LogP contribution in [0.3, 0.4) is 0 Å². The van der Waals surface area contributed by atoms with Crippen LogP contribution in [0.2, 0.25) is 0 Å². The number of benzene rings is 1. The molecule has 1 saturated heterocycles. The Morgan fingerprint density at radius 1 is 1.03 bits per heavy atom. The molecule has 0 bridgehead atoms. The summed E-state index contributed by atoms with van der Waals surface area (Å²) in [6.45, 7) is 10.6. The lowest BCUT2D eigenvalue weighted by atomic mass is 10.2. The van der Waals surface area contributed by atoms with Crippen molar-refractivity contribution in [1.82, 2.24) is 24.8 Å². The van der Waals surface area contributed by atoms with Crippen molar-refractivity contribution in [2.45, 2.75) is 32.8 Å². The van der Waals surface area contributed by atoms with Gasteiger partial charge in [-0.3, -0.25) is 9.88 Å². The van der Waals surface area contributed by atoms with E-state index in [0.29, 0.717) is 18.9 Å². The summed E-state index contributed by atoms with van der Waals surface area (Å²) in [5.74, 6) is 1.54. The minimum atomic E-state index is -0.456. The number of aromatic nitrogens is 3. The van der Waals surface area contributed by atoms with Gasteiger partial charge in [0.25, 0.3) is 0 Å². The summed E-state index contributed by atoms with van der Waals surface area (Å²) in [6.07, 6.45) is 4.27. The van der Waals surface area contributed by atoms with Crippen molar-refractivity contribution in [2.24, 2.45) is 0 Å². The predicted molar refractivity (Wildman–Crippen MR) is 130 cm³/mol. The first-order valence-corrected chi connectivity index (χ1v) is 11.5. The summed E-state index contributed by atoms with van der Waals surface area (Å²) in [6, 6.07) is 11.9. The van der Waals surface area contributed by atoms with Gasteiger partial charge in [-0.1, -0.05) is 12.1 Å². The van der Waals surface area contributed by atoms with Crippen LogP contribution >= 0.6 is 0 Å². The summed E-state index contributed by atoms with van der Waals surface area (Å²) in [5, 5.41) is 4.53. The summed E-state index contributed by atoms with van der Waals surface area (Å²) < 4.78 is 5.48. The van der Waals surface area contributed by atoms with Gasteiger partial charge in [0.2, 0.25) is 0 Å². The van der Waals surface area contributed by atoms with E-state index in [1.807, 2.05) is 57.2 Å². The molecule has 33 heavy (non-hydrogen) atoms. The molecule has 0 saturated carbocycles. The van der Waals surface area contributed by atoms with Crippen molar-refractivity contribution in [1.29, 1.82) is 0 Å². The first-order chi connectivity index (χ1) is 15.9. The van der Waals surface area contributed by atoms with Gasteiger partial charge in [-0.05, 0) is 58.0 Å². The molecule has 3 heterocycles. The number of rotatable bonds is 6. The van der Waals surface area contributed by atoms with Crippen LogP contribution in [0, 0.1) is 0 Å². The molecule has 1 aromatic carbocycles. The Balaban J connectivity index is 1.31. The van der Waals surface area contributed by atoms with Gasteiger partial charge in [0, 0.05) is 56.1 Å². The van der Waals surface area contributed by atoms with E-state index < -0.39 is 5.60 Å². The number of piperazine rings is 1. The van der Waals surface area contributed by atoms with Gasteiger partial charge in [0.05, 0.1) is 5.52 Å². The van der Waals surface area contributed by atoms with Crippen molar-refractivity contribution in [3.05, 3.63) is 48.8 Å². The molecule has 0 spiro atoms. The highest BCUT2D eigenvalue weighted by atomic mass is 16.6. The molecule has 0 atom stereocenters. The second-order valence-corrected chi connectivity index (χ2v) is 9.24. The van der Waals surface area contributed by atoms with E-state index in [-0.39, 0.29) is 6.09 Å². The fraction of sp³-hybridized carbons (Fsp3) is 0.440. The van der Waals surface area contributed by atoms with Gasteiger partial charge in [-0.15, -0.1) is 0 Å². The minimum absolute atomic E-state index is 0.218. The van der Waals surface area contributed by atoms with Crippen LogP contribution < -0.4 is 5.32 Å². The number of hydrogen-bond donors (Lipinski definition) is 1. The highest BCUT2D eigenvalue weighted by Gasteiger charge is 2.25. The average Bonchev–Trinajstić information content (AvgIpc) is 2.81. The lowest BCUT2D eigenvalue weighted by molar-refractivity contribution is 0.0145. The molecule has 1 aliphatic rings. The molecule has 0 unspecified atom stereocenters. The predicted octanol–water partition coefficient (Wildman–Crippen LogP) is 4.05. The van der Waals surface area contributed by atoms with E-state index >= 15 is 0 Å². The molecule has 1 aliphatic heterocycles. The van der Waals surface area contributed by atoms with Crippen LogP contribution in [-0.2, 0) is 4.74 Å². The topological polar surface area (TPSA) is 83.5 Å². The molecule has 0 radical (unpaired) electrons. The molecule has 1 fully saturated rings. The molecule has 8 heteroatoms. The van der Waals surface area contributed by atoms with Crippen LogP contribution in [0.25, 0.3) is 22.3 Å². The van der Waals surface area contributed by atoms with Gasteiger partial charge in [0.15, 0.2) is 5.82 Å². The van der Waals surface area contributed by atoms with Crippen molar-refractivity contribution in [2.75, 3.05) is 44.6 Å². The maximum absolute atomic E-state index is 12.2. The maximum atomic E-state index is 12.2. The number of ether oxygens (including phenoxy) is 1. The fourth-order valence-corrected chi connectivity index (χ4v) is 3.83. The normalized spacial score (nSPS) is 14.9. The molecule has 0 aliphatic carbocycles. The first-order valence-electron chi connectivity index (χ1n) is 11.5. The van der Waals surface area contributed by atoms with Crippen molar-refractivity contribution in [3.8, 4) is 11.4 Å². The summed E-state index contributed by atoms with van der Waals surface area (Å²) in [5.41, 5.74) is 1.41. The molecule has 2 aromatic heterocycles. The maximum Gasteiger partial charge on any atom is 0.410 e. The zero-order valence-corrected chi connectivity index (χ0v) is 19.6. The Labute approximate surface area is 195 Å². The minimum Gasteiger partial charge on any atom is -0.444 e. The number of amides is 1. The number of pyridine rings is 1. The number of anilines is 1. The third-order valence-corrected chi connectivity index (χ3v) is 5.51. The van der Waals surface area contributed by atoms with E-state index in [0.717, 1.165) is 54.9 Å². The molecular formula is C25H32N6O2. The molecule has 1 amide bonds. The number of hydrogen-bond acceptors (Lipinski definition) is 7. The van der Waals surface area contributed by atoms with Crippen molar-refractivity contribution >= 4 is 22.8 Å². The summed E-state index contributed by atoms with van der Waals surface area (Å²) in [4.78, 5) is 30.0. The number of carbonyl (C=O) groups excluding carboxylic acids is 1. The molecule has 1 N–H and O–H groups in total. The lowest BCUT2D eigenvalue weighted by Crippen LogP contribution is -2.50. The molecular weight excluding hydrogens is 416 g/mol. The van der Waals surface area contributed by atoms with Gasteiger partial charge in [0.1, 0.15) is 11.4 Å². The van der Waals surface area contributed by atoms with Crippen molar-refractivity contribution in [3.63, 3.8) is 0 Å². The first kappa shape index (κ1) is 22.9. The lowest BCUT2D eigenvalue weighted by Gasteiger charge is -2.35. The Bertz CT molecular complexity index is 1080. The number of nitrogens with zero attached hydrogens (tertiary/aromatic N) is 5. The highest BCUT2D eigenvalue weighted by molar-refractivity contribution is 5.90. The second kappa shape index (κ2) is 10.1. The third-order valence-electron chi connectivity index (χ3n) is 5.51. The zero-order chi connectivity index (χ0) is 23.3. The number of para-hydroxylation sites is 1. The molecule has 174 valence electrons. The van der Waals surface area contributed by atoms with Gasteiger partial charge < -0.3 is 15.0 Å². The smallest absolute Gasteiger partial charge is 0.410 e. The summed E-state index contributed by atoms with van der Waals surface area (Å²) >= 11 is 0. The van der Waals surface area contributed by atoms with E-state index in [4.69, 9.17) is 14.7 Å². The Kier molecular flexibility index (Phi) is 7.03. The number of carbonyl (C=O) groups is 1. The fourth-order valence-electron chi connectivity index (χ4n) is 3.83. The third kappa shape index (κ3) is 6.16. The summed E-state index contributed by atoms with van der Waals surface area (Å²) in [7, 11) is 0. The van der Waals surface area contributed by atoms with E-state index in [1.165, 1.54) is 0 Å². The monoisotopic (exact) mass is 448 g/mol. The SMILES string of the molecule is CC(C)(C)OC(=O)N1CCN(CCCNc2nc(-c3ccncc3)nc3ccccc23)CC1. The second-order valence-electron chi connectivity index (χ2n) is 9.24. The van der Waals surface area contributed by atoms with Gasteiger partial charge in [-0.2, -0.15) is 0 Å². The van der Waals surface area contributed by atoms with E-state index in [9.17, 15) is 4.79 Å². The van der Waals surface area contributed by atoms with Crippen LogP contribution in [0.5, 0.6) is 0 Å². The van der Waals surface area contributed by atoms with E-state index in [2.05, 4.69) is 15.2 Å². The Morgan fingerprint density at radius 2 is 1.76 bits per heavy atom. The van der Waals surface area contributed by atoms with Crippen LogP contribution in [0.1, 0.15) is 27.2 Å². The van der Waals surface area contributed by atoms with Gasteiger partial charge >= 0.3 is 6.09 Å². The largest absolute Gasteiger partial charge is 0.444 e. The zero-order valence-electron chi connectivity index (χ0n) is 19.6. The number of nitrogens with one attached hydrogen (secondary N) is 1. The highest BCUT2D eigenvalue weighted by Crippen LogP contribution is 2.24. The van der Waals surface area contributed by atoms with Crippen LogP contribution in [0.4, 0.5) is 10.6 Å². The van der Waals surface area contributed by atoms with Crippen molar-refractivity contribution < 1.29 is 9.53 Å². The molecule has 4 rings (SSSR count). The molecule has 3 aromatic rings. The Morgan fingerprint density at radius 3 is 2.48 bits per heavy atom. The van der Waals surface area contributed by atoms with E-state index in [1.54, 1.807) is 17.3 Å². The standard InChI is InChI=1S/C25H32N6O2/c1-25(2,3)33-24(32)31-17-15-30(16-18-31)14-6-11-27-23-20-7-4-5-8-21(20)28-22(29-23)19-9-12-26-13-10-19/h4-5,7-10,12-13H,6,11,14-18H2,1-3H3,(H,27,28,29). The average molecular weight is 449 g/mol. The van der Waals surface area contributed by atoms with Gasteiger partial charge in [-0.25, -0.2) is 14.8 Å². The van der Waals surface area contributed by atoms with Crippen LogP contribution in [0.15, 0.2) is 48.8 Å². The quantitative estimate of drug-likeness (QED) is 0.570. The van der Waals surface area contributed by atoms with Crippen LogP contribution in [-0.4, -0.2) is 75.7 Å². The Hall–Kier alpha value is -3.26. The number of fused-ring (bicyclic) bond motifs is 1. The molecule has 8 nitrogen and oxygen atoms in total.